The summed E-state index contributed by atoms with van der Waals surface area (Å²) in [7, 11) is 2.41. The van der Waals surface area contributed by atoms with E-state index < -0.39 is 23.7 Å². The fraction of sp³-hybridized carbons (Fsp3) is 0.167. The minimum Gasteiger partial charge on any atom is -0.465 e. The van der Waals surface area contributed by atoms with Crippen molar-refractivity contribution in [3.8, 4) is 0 Å². The van der Waals surface area contributed by atoms with E-state index in [9.17, 15) is 18.8 Å². The topological polar surface area (TPSA) is 81.7 Å². The summed E-state index contributed by atoms with van der Waals surface area (Å²) in [5, 5.41) is 2.51. The van der Waals surface area contributed by atoms with Gasteiger partial charge in [0.1, 0.15) is 5.82 Å². The minimum atomic E-state index is -0.683. The molecule has 2 aromatic rings. The van der Waals surface area contributed by atoms with Crippen molar-refractivity contribution in [2.45, 2.75) is 6.42 Å². The van der Waals surface area contributed by atoms with Crippen LogP contribution in [0.25, 0.3) is 0 Å². The first-order valence-corrected chi connectivity index (χ1v) is 7.30. The molecule has 0 saturated carbocycles. The van der Waals surface area contributed by atoms with Crippen LogP contribution in [0.3, 0.4) is 0 Å². The second kappa shape index (κ2) is 8.05. The molecule has 0 spiro atoms. The Morgan fingerprint density at radius 2 is 1.68 bits per heavy atom. The van der Waals surface area contributed by atoms with Gasteiger partial charge in [-0.2, -0.15) is 0 Å². The minimum absolute atomic E-state index is 0.0667. The van der Waals surface area contributed by atoms with Crippen LogP contribution in [-0.2, 0) is 20.7 Å². The number of rotatable bonds is 5. The van der Waals surface area contributed by atoms with Crippen LogP contribution in [0.1, 0.15) is 26.3 Å². The molecule has 130 valence electrons. The van der Waals surface area contributed by atoms with Crippen LogP contribution in [0, 0.1) is 5.82 Å². The number of benzene rings is 2. The number of hydrogen-bond acceptors (Lipinski definition) is 5. The highest BCUT2D eigenvalue weighted by Gasteiger charge is 2.18. The van der Waals surface area contributed by atoms with Gasteiger partial charge in [-0.05, 0) is 29.8 Å². The number of nitrogens with one attached hydrogen (secondary N) is 1. The van der Waals surface area contributed by atoms with Crippen LogP contribution in [0.4, 0.5) is 10.1 Å². The zero-order valence-electron chi connectivity index (χ0n) is 13.7. The molecule has 0 aromatic heterocycles. The van der Waals surface area contributed by atoms with Crippen molar-refractivity contribution >= 4 is 23.5 Å². The number of ether oxygens (including phenoxy) is 2. The standard InChI is InChI=1S/C18H16FNO5/c1-24-17(22)12-7-8-13(18(23)25-2)15(9-12)20-16(21)10-11-5-3-4-6-14(11)19/h3-9H,10H2,1-2H3,(H,20,21). The number of amides is 1. The maximum atomic E-state index is 13.7. The van der Waals surface area contributed by atoms with Gasteiger partial charge in [-0.1, -0.05) is 18.2 Å². The Hall–Kier alpha value is -3.22. The molecular weight excluding hydrogens is 329 g/mol. The number of anilines is 1. The quantitative estimate of drug-likeness (QED) is 0.843. The lowest BCUT2D eigenvalue weighted by Crippen LogP contribution is -2.18. The first kappa shape index (κ1) is 18.1. The number of methoxy groups -OCH3 is 2. The van der Waals surface area contributed by atoms with E-state index in [0.29, 0.717) is 0 Å². The van der Waals surface area contributed by atoms with E-state index in [1.807, 2.05) is 0 Å². The molecule has 0 aliphatic heterocycles. The number of carbonyl (C=O) groups is 3. The molecule has 2 rings (SSSR count). The van der Waals surface area contributed by atoms with Gasteiger partial charge in [0.25, 0.3) is 0 Å². The molecule has 7 heteroatoms. The molecule has 0 unspecified atom stereocenters. The van der Waals surface area contributed by atoms with E-state index in [1.165, 1.54) is 50.6 Å². The molecule has 0 aliphatic rings. The molecule has 2 aromatic carbocycles. The second-order valence-electron chi connectivity index (χ2n) is 5.06. The molecule has 0 heterocycles. The molecule has 0 saturated heterocycles. The number of esters is 2. The molecule has 0 atom stereocenters. The molecule has 0 aliphatic carbocycles. The smallest absolute Gasteiger partial charge is 0.339 e. The number of hydrogen-bond donors (Lipinski definition) is 1. The summed E-state index contributed by atoms with van der Waals surface area (Å²) in [5.41, 5.74) is 0.508. The van der Waals surface area contributed by atoms with E-state index in [4.69, 9.17) is 0 Å². The molecule has 0 fully saturated rings. The maximum absolute atomic E-state index is 13.7. The highest BCUT2D eigenvalue weighted by molar-refractivity contribution is 6.03. The predicted molar refractivity (Wildman–Crippen MR) is 87.9 cm³/mol. The molecular formula is C18H16FNO5. The Bertz CT molecular complexity index is 819. The van der Waals surface area contributed by atoms with Gasteiger partial charge in [-0.3, -0.25) is 4.79 Å². The van der Waals surface area contributed by atoms with E-state index in [-0.39, 0.29) is 28.8 Å². The normalized spacial score (nSPS) is 10.0. The van der Waals surface area contributed by atoms with Crippen LogP contribution in [-0.4, -0.2) is 32.1 Å². The zero-order chi connectivity index (χ0) is 18.4. The van der Waals surface area contributed by atoms with Crippen molar-refractivity contribution in [3.63, 3.8) is 0 Å². The van der Waals surface area contributed by atoms with Crippen LogP contribution in [0.15, 0.2) is 42.5 Å². The lowest BCUT2D eigenvalue weighted by atomic mass is 10.1. The van der Waals surface area contributed by atoms with Gasteiger partial charge < -0.3 is 14.8 Å². The second-order valence-corrected chi connectivity index (χ2v) is 5.06. The number of carbonyl (C=O) groups excluding carboxylic acids is 3. The molecule has 0 bridgehead atoms. The van der Waals surface area contributed by atoms with Crippen LogP contribution in [0.5, 0.6) is 0 Å². The van der Waals surface area contributed by atoms with Gasteiger partial charge >= 0.3 is 11.9 Å². The summed E-state index contributed by atoms with van der Waals surface area (Å²) >= 11 is 0. The average Bonchev–Trinajstić information content (AvgIpc) is 2.62. The average molecular weight is 345 g/mol. The molecule has 1 N–H and O–H groups in total. The Kier molecular flexibility index (Phi) is 5.84. The molecule has 25 heavy (non-hydrogen) atoms. The van der Waals surface area contributed by atoms with E-state index in [2.05, 4.69) is 14.8 Å². The van der Waals surface area contributed by atoms with Crippen LogP contribution >= 0.6 is 0 Å². The highest BCUT2D eigenvalue weighted by atomic mass is 19.1. The first-order valence-electron chi connectivity index (χ1n) is 7.30. The first-order chi connectivity index (χ1) is 12.0. The zero-order valence-corrected chi connectivity index (χ0v) is 13.7. The highest BCUT2D eigenvalue weighted by Crippen LogP contribution is 2.20. The van der Waals surface area contributed by atoms with Crippen molar-refractivity contribution in [2.75, 3.05) is 19.5 Å². The van der Waals surface area contributed by atoms with Gasteiger partial charge in [0.05, 0.1) is 37.5 Å². The van der Waals surface area contributed by atoms with Gasteiger partial charge in [-0.25, -0.2) is 14.0 Å². The van der Waals surface area contributed by atoms with Crippen molar-refractivity contribution < 1.29 is 28.2 Å². The van der Waals surface area contributed by atoms with Gasteiger partial charge in [0, 0.05) is 0 Å². The predicted octanol–water partition coefficient (Wildman–Crippen LogP) is 2.58. The van der Waals surface area contributed by atoms with Crippen LogP contribution < -0.4 is 5.32 Å². The molecule has 1 amide bonds. The summed E-state index contributed by atoms with van der Waals surface area (Å²) in [6.45, 7) is 0. The van der Waals surface area contributed by atoms with E-state index in [1.54, 1.807) is 6.07 Å². The maximum Gasteiger partial charge on any atom is 0.339 e. The Morgan fingerprint density at radius 3 is 2.32 bits per heavy atom. The molecule has 6 nitrogen and oxygen atoms in total. The van der Waals surface area contributed by atoms with Gasteiger partial charge in [-0.15, -0.1) is 0 Å². The van der Waals surface area contributed by atoms with Gasteiger partial charge in [0.2, 0.25) is 5.91 Å². The SMILES string of the molecule is COC(=O)c1ccc(C(=O)OC)c(NC(=O)Cc2ccccc2F)c1. The summed E-state index contributed by atoms with van der Waals surface area (Å²) in [5.74, 6) is -2.36. The Labute approximate surface area is 143 Å². The largest absolute Gasteiger partial charge is 0.465 e. The van der Waals surface area contributed by atoms with E-state index in [0.717, 1.165) is 0 Å². The summed E-state index contributed by atoms with van der Waals surface area (Å²) < 4.78 is 22.9. The third kappa shape index (κ3) is 4.41. The fourth-order valence-electron chi connectivity index (χ4n) is 2.19. The third-order valence-electron chi connectivity index (χ3n) is 3.43. The van der Waals surface area contributed by atoms with Crippen molar-refractivity contribution in [1.82, 2.24) is 0 Å². The van der Waals surface area contributed by atoms with E-state index >= 15 is 0 Å². The monoisotopic (exact) mass is 345 g/mol. The number of halogens is 1. The van der Waals surface area contributed by atoms with Crippen molar-refractivity contribution in [2.24, 2.45) is 0 Å². The summed E-state index contributed by atoms with van der Waals surface area (Å²) in [6.07, 6.45) is -0.226. The van der Waals surface area contributed by atoms with Crippen molar-refractivity contribution in [3.05, 3.63) is 65.0 Å². The van der Waals surface area contributed by atoms with Crippen LogP contribution in [0.2, 0.25) is 0 Å². The Morgan fingerprint density at radius 1 is 1.00 bits per heavy atom. The fourth-order valence-corrected chi connectivity index (χ4v) is 2.19. The summed E-state index contributed by atoms with van der Waals surface area (Å²) in [4.78, 5) is 35.7. The lowest BCUT2D eigenvalue weighted by molar-refractivity contribution is -0.115. The van der Waals surface area contributed by atoms with Gasteiger partial charge in [0.15, 0.2) is 0 Å². The third-order valence-corrected chi connectivity index (χ3v) is 3.43. The lowest BCUT2D eigenvalue weighted by Gasteiger charge is -2.11. The Balaban J connectivity index is 2.29. The van der Waals surface area contributed by atoms with Crippen molar-refractivity contribution in [1.29, 1.82) is 0 Å². The summed E-state index contributed by atoms with van der Waals surface area (Å²) in [6, 6.07) is 9.90. The molecule has 0 radical (unpaired) electrons.